The number of hydrogen-bond donors (Lipinski definition) is 8. The van der Waals surface area contributed by atoms with Crippen LogP contribution in [0.15, 0.2) is 146 Å². The van der Waals surface area contributed by atoms with Gasteiger partial charge in [0, 0.05) is 100 Å². The van der Waals surface area contributed by atoms with Gasteiger partial charge in [-0.2, -0.15) is 16.8 Å². The van der Waals surface area contributed by atoms with Crippen LogP contribution in [0.25, 0.3) is 22.5 Å². The Morgan fingerprint density at radius 1 is 0.484 bits per heavy atom. The third kappa shape index (κ3) is 19.9. The Morgan fingerprint density at radius 2 is 0.791 bits per heavy atom. The molecular weight excluding hydrogens is 1210 g/mol. The molecule has 4 aliphatic heterocycles. The fourth-order valence-corrected chi connectivity index (χ4v) is 9.60. The highest BCUT2D eigenvalue weighted by Crippen LogP contribution is 2.40. The minimum atomic E-state index is -3.66. The van der Waals surface area contributed by atoms with Crippen LogP contribution >= 0.6 is 0 Å². The van der Waals surface area contributed by atoms with Crippen molar-refractivity contribution in [3.63, 3.8) is 0 Å². The Labute approximate surface area is 529 Å². The first-order valence-electron chi connectivity index (χ1n) is 28.7. The molecule has 4 heterocycles. The van der Waals surface area contributed by atoms with Gasteiger partial charge in [-0.3, -0.25) is 38.1 Å². The molecule has 91 heavy (non-hydrogen) atoms. The van der Waals surface area contributed by atoms with Gasteiger partial charge < -0.3 is 56.6 Å². The zero-order chi connectivity index (χ0) is 65.5. The number of carbonyl (C=O) groups excluding carboxylic acids is 4. The lowest BCUT2D eigenvalue weighted by Crippen LogP contribution is -2.48. The topological polar surface area (TPSA) is 351 Å². The van der Waals surface area contributed by atoms with Crippen LogP contribution in [0.2, 0.25) is 0 Å². The van der Waals surface area contributed by atoms with E-state index in [0.717, 1.165) is 86.2 Å². The summed E-state index contributed by atoms with van der Waals surface area (Å²) in [4.78, 5) is 87.1. The van der Waals surface area contributed by atoms with Crippen molar-refractivity contribution in [3.8, 4) is 0 Å². The fraction of sp³-hybridized carbons (Fsp3) is 0.281. The lowest BCUT2D eigenvalue weighted by Gasteiger charge is -2.32. The quantitative estimate of drug-likeness (QED) is 0.0406. The fourth-order valence-electron chi connectivity index (χ4n) is 9.60. The third-order valence-corrected chi connectivity index (χ3v) is 16.5. The number of piperazine rings is 2. The zero-order valence-electron chi connectivity index (χ0n) is 51.2. The molecule has 0 aliphatic carbocycles. The van der Waals surface area contributed by atoms with E-state index in [2.05, 4.69) is 55.0 Å². The molecular formula is C64H76N10O15S2. The Morgan fingerprint density at radius 3 is 1.08 bits per heavy atom. The van der Waals surface area contributed by atoms with Crippen LogP contribution in [0.4, 0.5) is 34.1 Å². The third-order valence-electron chi connectivity index (χ3n) is 15.1. The molecule has 0 unspecified atom stereocenters. The summed E-state index contributed by atoms with van der Waals surface area (Å²) < 4.78 is 53.8. The van der Waals surface area contributed by atoms with Crippen molar-refractivity contribution in [2.24, 2.45) is 0 Å². The SMILES string of the molecule is CCS(=O)(=O)O.CCS(=O)(=O)O.CN1CCN(CC(=O)N(C)c2ccc(N/C(=C3\C(=O)Nc4cc(C(=O)O)ccc43)c3ccccc3)cc2)CC1.CN1CCN(CC(=O)N(C)c2ccc(N/C(=C3\C(=O)Nc4cc(C(=O)O)ccc43)c3ccccc3)cc2)CC1.O. The summed E-state index contributed by atoms with van der Waals surface area (Å²) in [5.41, 5.74) is 9.09. The Hall–Kier alpha value is -9.16. The van der Waals surface area contributed by atoms with E-state index in [9.17, 15) is 55.8 Å². The summed E-state index contributed by atoms with van der Waals surface area (Å²) in [7, 11) is 0.419. The molecule has 0 spiro atoms. The van der Waals surface area contributed by atoms with Gasteiger partial charge in [-0.1, -0.05) is 72.8 Å². The van der Waals surface area contributed by atoms with Gasteiger partial charge in [0.25, 0.3) is 32.1 Å². The number of rotatable bonds is 16. The second-order valence-electron chi connectivity index (χ2n) is 21.4. The maximum absolute atomic E-state index is 13.1. The van der Waals surface area contributed by atoms with Crippen LogP contribution in [0.1, 0.15) is 56.8 Å². The number of nitrogens with zero attached hydrogens (tertiary/aromatic N) is 6. The number of amides is 4. The van der Waals surface area contributed by atoms with Gasteiger partial charge in [0.15, 0.2) is 0 Å². The van der Waals surface area contributed by atoms with E-state index >= 15 is 0 Å². The predicted molar refractivity (Wildman–Crippen MR) is 353 cm³/mol. The van der Waals surface area contributed by atoms with Crippen LogP contribution in [-0.2, 0) is 39.4 Å². The van der Waals surface area contributed by atoms with Crippen molar-refractivity contribution in [1.29, 1.82) is 0 Å². The number of nitrogens with one attached hydrogen (secondary N) is 4. The van der Waals surface area contributed by atoms with Gasteiger partial charge in [-0.15, -0.1) is 0 Å². The van der Waals surface area contributed by atoms with Gasteiger partial charge in [0.1, 0.15) is 0 Å². The van der Waals surface area contributed by atoms with Gasteiger partial charge in [0.05, 0.1) is 69.6 Å². The minimum absolute atomic E-state index is 0. The Kier molecular flexibility index (Phi) is 25.0. The van der Waals surface area contributed by atoms with Crippen molar-refractivity contribution in [3.05, 3.63) is 179 Å². The minimum Gasteiger partial charge on any atom is -0.478 e. The highest BCUT2D eigenvalue weighted by molar-refractivity contribution is 7.85. The molecule has 10 rings (SSSR count). The summed E-state index contributed by atoms with van der Waals surface area (Å²) in [6.07, 6.45) is 0. The summed E-state index contributed by atoms with van der Waals surface area (Å²) in [5.74, 6) is -3.08. The number of likely N-dealkylation sites (N-methyl/N-ethyl adjacent to an activating group) is 4. The van der Waals surface area contributed by atoms with Gasteiger partial charge in [0.2, 0.25) is 11.8 Å². The lowest BCUT2D eigenvalue weighted by molar-refractivity contribution is -0.120. The molecule has 27 heteroatoms. The summed E-state index contributed by atoms with van der Waals surface area (Å²) >= 11 is 0. The van der Waals surface area contributed by atoms with Crippen LogP contribution in [-0.4, -0.2) is 202 Å². The highest BCUT2D eigenvalue weighted by atomic mass is 32.2. The second kappa shape index (κ2) is 32.0. The molecule has 6 aromatic rings. The molecule has 0 saturated carbocycles. The number of hydrogen-bond acceptors (Lipinski definition) is 16. The second-order valence-corrected chi connectivity index (χ2v) is 24.9. The average molecular weight is 1290 g/mol. The van der Waals surface area contributed by atoms with E-state index in [-0.39, 0.29) is 51.7 Å². The molecule has 6 aromatic carbocycles. The van der Waals surface area contributed by atoms with Gasteiger partial charge in [-0.05, 0) is 112 Å². The summed E-state index contributed by atoms with van der Waals surface area (Å²) in [5, 5.41) is 31.1. The van der Waals surface area contributed by atoms with E-state index in [1.165, 1.54) is 38.1 Å². The molecule has 0 aromatic heterocycles. The van der Waals surface area contributed by atoms with Crippen molar-refractivity contribution in [1.82, 2.24) is 19.6 Å². The van der Waals surface area contributed by atoms with Crippen LogP contribution < -0.4 is 31.1 Å². The molecule has 0 atom stereocenters. The standard InChI is InChI=1S/2C30H31N5O4.2C2H6O3S.H2O/c2*1-33-14-16-35(17-15-33)19-26(36)34(2)23-11-9-22(10-12-23)31-28(20-6-4-3-5-7-20)27-24-13-8-21(30(38)39)18-25(24)32-29(27)37;2*1-2-6(3,4)5;/h2*3-13,18,31H,14-17,19H2,1-2H3,(H,32,37)(H,38,39);2*2H2,1H3,(H,3,4,5);1H2/b2*28-27-;;;. The van der Waals surface area contributed by atoms with Crippen molar-refractivity contribution in [2.75, 3.05) is 136 Å². The molecule has 484 valence electrons. The zero-order valence-corrected chi connectivity index (χ0v) is 52.8. The molecule has 0 bridgehead atoms. The van der Waals surface area contributed by atoms with Crippen molar-refractivity contribution < 1.29 is 70.4 Å². The molecule has 25 nitrogen and oxygen atoms in total. The number of carboxylic acids is 2. The smallest absolute Gasteiger partial charge is 0.335 e. The number of carbonyl (C=O) groups is 6. The number of benzene rings is 6. The van der Waals surface area contributed by atoms with Crippen LogP contribution in [0.5, 0.6) is 0 Å². The average Bonchev–Trinajstić information content (AvgIpc) is 1.71. The first kappa shape index (κ1) is 70.9. The number of carboxylic acid groups (broad SMARTS) is 2. The molecule has 4 aliphatic rings. The maximum Gasteiger partial charge on any atom is 0.335 e. The highest BCUT2D eigenvalue weighted by Gasteiger charge is 2.31. The van der Waals surface area contributed by atoms with Gasteiger partial charge >= 0.3 is 11.9 Å². The Bertz CT molecular complexity index is 3620. The van der Waals surface area contributed by atoms with E-state index in [0.29, 0.717) is 58.1 Å². The van der Waals surface area contributed by atoms with E-state index in [4.69, 9.17) is 9.11 Å². The monoisotopic (exact) mass is 1290 g/mol. The number of fused-ring (bicyclic) bond motifs is 2. The first-order chi connectivity index (χ1) is 42.7. The summed E-state index contributed by atoms with van der Waals surface area (Å²) in [6, 6.07) is 43.2. The molecule has 2 saturated heterocycles. The number of aromatic carboxylic acids is 2. The van der Waals surface area contributed by atoms with E-state index in [1.54, 1.807) is 36.0 Å². The molecule has 10 N–H and O–H groups in total. The number of anilines is 6. The summed E-state index contributed by atoms with van der Waals surface area (Å²) in [6.45, 7) is 10.9. The molecule has 4 amide bonds. The van der Waals surface area contributed by atoms with Crippen molar-refractivity contribution in [2.45, 2.75) is 13.8 Å². The Balaban J connectivity index is 0.000000243. The lowest BCUT2D eigenvalue weighted by atomic mass is 9.99. The molecule has 0 radical (unpaired) electrons. The predicted octanol–water partition coefficient (Wildman–Crippen LogP) is 6.02. The van der Waals surface area contributed by atoms with Crippen LogP contribution in [0.3, 0.4) is 0 Å². The maximum atomic E-state index is 13.1. The van der Waals surface area contributed by atoms with Crippen molar-refractivity contribution >= 4 is 112 Å². The van der Waals surface area contributed by atoms with E-state index in [1.807, 2.05) is 109 Å². The largest absolute Gasteiger partial charge is 0.478 e. The van der Waals surface area contributed by atoms with Crippen LogP contribution in [0, 0.1) is 0 Å². The first-order valence-corrected chi connectivity index (χ1v) is 31.9. The van der Waals surface area contributed by atoms with E-state index < -0.39 is 32.2 Å². The normalized spacial score (nSPS) is 16.0. The van der Waals surface area contributed by atoms with Gasteiger partial charge in [-0.25, -0.2) is 9.59 Å². The molecule has 2 fully saturated rings.